The number of thiazole rings is 1. The summed E-state index contributed by atoms with van der Waals surface area (Å²) in [5.41, 5.74) is 2.05. The lowest BCUT2D eigenvalue weighted by molar-refractivity contribution is -0.139. The molecule has 0 radical (unpaired) electrons. The van der Waals surface area contributed by atoms with Gasteiger partial charge in [0.15, 0.2) is 4.80 Å². The number of aryl methyl sites for hydroxylation is 1. The molecule has 9 nitrogen and oxygen atoms in total. The number of aromatic nitrogens is 1. The number of nitrogens with zero attached hydrogens (tertiary/aromatic N) is 2. The third kappa shape index (κ3) is 6.15. The molecule has 0 fully saturated rings. The third-order valence-corrected chi connectivity index (χ3v) is 9.18. The van der Waals surface area contributed by atoms with E-state index in [4.69, 9.17) is 25.3 Å². The zero-order valence-corrected chi connectivity index (χ0v) is 26.0. The summed E-state index contributed by atoms with van der Waals surface area (Å²) in [6, 6.07) is 16.9. The van der Waals surface area contributed by atoms with Gasteiger partial charge in [0.2, 0.25) is 0 Å². The number of benzene rings is 3. The van der Waals surface area contributed by atoms with Crippen molar-refractivity contribution in [1.82, 2.24) is 4.57 Å². The molecule has 5 rings (SSSR count). The van der Waals surface area contributed by atoms with Crippen LogP contribution < -0.4 is 23.8 Å². The van der Waals surface area contributed by atoms with Gasteiger partial charge in [-0.25, -0.2) is 9.79 Å². The van der Waals surface area contributed by atoms with E-state index in [0.29, 0.717) is 26.8 Å². The van der Waals surface area contributed by atoms with Crippen LogP contribution in [0.5, 0.6) is 11.5 Å². The SMILES string of the molecule is CCOC(=O)C1=C(C)N=c2s/c(=C\c3cc(Cl)ccc3OS(=O)(=O)c3ccc(C)cc3)c(=O)n2[C@H]1c1ccc(OC)cc1. The van der Waals surface area contributed by atoms with Crippen LogP contribution in [-0.2, 0) is 19.6 Å². The average molecular weight is 639 g/mol. The predicted molar refractivity (Wildman–Crippen MR) is 164 cm³/mol. The van der Waals surface area contributed by atoms with E-state index in [1.54, 1.807) is 57.4 Å². The van der Waals surface area contributed by atoms with Crippen LogP contribution in [0, 0.1) is 6.92 Å². The van der Waals surface area contributed by atoms with Crippen molar-refractivity contribution in [3.63, 3.8) is 0 Å². The Morgan fingerprint density at radius 2 is 1.77 bits per heavy atom. The molecule has 0 unspecified atom stereocenters. The van der Waals surface area contributed by atoms with Crippen molar-refractivity contribution >= 4 is 45.1 Å². The van der Waals surface area contributed by atoms with Gasteiger partial charge in [-0.05, 0) is 74.9 Å². The maximum Gasteiger partial charge on any atom is 0.339 e. The van der Waals surface area contributed by atoms with Gasteiger partial charge in [0, 0.05) is 10.6 Å². The molecule has 0 aliphatic carbocycles. The lowest BCUT2D eigenvalue weighted by Gasteiger charge is -2.24. The molecule has 1 atom stereocenters. The number of esters is 1. The van der Waals surface area contributed by atoms with Crippen LogP contribution in [-0.4, -0.2) is 32.7 Å². The number of ether oxygens (including phenoxy) is 2. The van der Waals surface area contributed by atoms with E-state index >= 15 is 0 Å². The first-order valence-corrected chi connectivity index (χ1v) is 15.8. The Labute approximate surface area is 257 Å². The van der Waals surface area contributed by atoms with Crippen molar-refractivity contribution < 1.29 is 26.9 Å². The van der Waals surface area contributed by atoms with Crippen molar-refractivity contribution in [2.45, 2.75) is 31.7 Å². The Kier molecular flexibility index (Phi) is 8.59. The lowest BCUT2D eigenvalue weighted by Crippen LogP contribution is -2.39. The summed E-state index contributed by atoms with van der Waals surface area (Å²) in [5, 5.41) is 0.315. The van der Waals surface area contributed by atoms with E-state index in [1.165, 1.54) is 41.0 Å². The lowest BCUT2D eigenvalue weighted by atomic mass is 9.96. The van der Waals surface area contributed by atoms with E-state index in [0.717, 1.165) is 16.9 Å². The van der Waals surface area contributed by atoms with E-state index in [1.807, 2.05) is 6.92 Å². The summed E-state index contributed by atoms with van der Waals surface area (Å²) in [6.45, 7) is 5.40. The first-order chi connectivity index (χ1) is 20.5. The highest BCUT2D eigenvalue weighted by molar-refractivity contribution is 7.87. The summed E-state index contributed by atoms with van der Waals surface area (Å²) < 4.78 is 43.9. The van der Waals surface area contributed by atoms with Crippen LogP contribution in [0.15, 0.2) is 92.7 Å². The Balaban J connectivity index is 1.65. The third-order valence-electron chi connectivity index (χ3n) is 6.72. The zero-order valence-electron chi connectivity index (χ0n) is 23.7. The molecule has 222 valence electrons. The maximum absolute atomic E-state index is 14.0. The number of allylic oxidation sites excluding steroid dienone is 1. The fourth-order valence-electron chi connectivity index (χ4n) is 4.61. The van der Waals surface area contributed by atoms with Crippen molar-refractivity contribution in [1.29, 1.82) is 0 Å². The molecule has 43 heavy (non-hydrogen) atoms. The number of methoxy groups -OCH3 is 1. The van der Waals surface area contributed by atoms with E-state index in [2.05, 4.69) is 4.99 Å². The fourth-order valence-corrected chi connectivity index (χ4v) is 6.79. The standard InChI is InChI=1S/C31H27ClN2O7S2/c1-5-40-30(36)27-19(3)33-31-34(28(27)20-8-11-23(39-4)12-9-20)29(35)26(42-31)17-21-16-22(32)10-15-25(21)41-43(37,38)24-13-6-18(2)7-14-24/h6-17,28H,5H2,1-4H3/b26-17-/t28-/m0/s1. The molecule has 3 aromatic carbocycles. The van der Waals surface area contributed by atoms with Crippen molar-refractivity contribution in [3.05, 3.63) is 119 Å². The smallest absolute Gasteiger partial charge is 0.339 e. The number of halogens is 1. The molecule has 2 heterocycles. The number of rotatable bonds is 8. The van der Waals surface area contributed by atoms with Gasteiger partial charge in [-0.2, -0.15) is 8.42 Å². The minimum Gasteiger partial charge on any atom is -0.497 e. The predicted octanol–water partition coefficient (Wildman–Crippen LogP) is 4.54. The van der Waals surface area contributed by atoms with Crippen molar-refractivity contribution in [2.24, 2.45) is 4.99 Å². The van der Waals surface area contributed by atoms with Gasteiger partial charge in [-0.3, -0.25) is 9.36 Å². The Morgan fingerprint density at radius 3 is 2.42 bits per heavy atom. The van der Waals surface area contributed by atoms with Crippen LogP contribution in [0.25, 0.3) is 6.08 Å². The first-order valence-electron chi connectivity index (χ1n) is 13.2. The minimum absolute atomic E-state index is 0.00842. The quantitative estimate of drug-likeness (QED) is 0.206. The zero-order chi connectivity index (χ0) is 30.9. The Bertz CT molecular complexity index is 2030. The molecule has 4 aromatic rings. The molecule has 12 heteroatoms. The monoisotopic (exact) mass is 638 g/mol. The summed E-state index contributed by atoms with van der Waals surface area (Å²) in [7, 11) is -2.63. The van der Waals surface area contributed by atoms with Crippen molar-refractivity contribution in [3.8, 4) is 11.5 Å². The number of carbonyl (C=O) groups excluding carboxylic acids is 1. The number of carbonyl (C=O) groups is 1. The van der Waals surface area contributed by atoms with Crippen LogP contribution in [0.4, 0.5) is 0 Å². The van der Waals surface area contributed by atoms with Gasteiger partial charge in [-0.15, -0.1) is 0 Å². The number of hydrogen-bond acceptors (Lipinski definition) is 9. The van der Waals surface area contributed by atoms with Gasteiger partial charge < -0.3 is 13.7 Å². The summed E-state index contributed by atoms with van der Waals surface area (Å²) in [4.78, 5) is 32.0. The normalized spacial score (nSPS) is 15.1. The molecule has 0 bridgehead atoms. The van der Waals surface area contributed by atoms with Crippen LogP contribution >= 0.6 is 22.9 Å². The Hall–Kier alpha value is -4.19. The molecular formula is C31H27ClN2O7S2. The highest BCUT2D eigenvalue weighted by atomic mass is 35.5. The second-order valence-electron chi connectivity index (χ2n) is 9.61. The molecule has 0 N–H and O–H groups in total. The minimum atomic E-state index is -4.18. The average Bonchev–Trinajstić information content (AvgIpc) is 3.28. The van der Waals surface area contributed by atoms with E-state index < -0.39 is 27.7 Å². The van der Waals surface area contributed by atoms with Gasteiger partial charge in [0.05, 0.1) is 35.6 Å². The summed E-state index contributed by atoms with van der Waals surface area (Å²) >= 11 is 7.36. The van der Waals surface area contributed by atoms with E-state index in [9.17, 15) is 18.0 Å². The fraction of sp³-hybridized carbons (Fsp3) is 0.194. The molecule has 0 saturated heterocycles. The first kappa shape index (κ1) is 30.3. The summed E-state index contributed by atoms with van der Waals surface area (Å²) in [6.07, 6.45) is 1.50. The van der Waals surface area contributed by atoms with Gasteiger partial charge in [0.25, 0.3) is 5.56 Å². The van der Waals surface area contributed by atoms with Crippen molar-refractivity contribution in [2.75, 3.05) is 13.7 Å². The number of hydrogen-bond donors (Lipinski definition) is 0. The van der Waals surface area contributed by atoms with Gasteiger partial charge in [0.1, 0.15) is 16.4 Å². The van der Waals surface area contributed by atoms with Crippen LogP contribution in [0.3, 0.4) is 0 Å². The number of fused-ring (bicyclic) bond motifs is 1. The molecular weight excluding hydrogens is 612 g/mol. The Morgan fingerprint density at radius 1 is 1.07 bits per heavy atom. The molecule has 0 spiro atoms. The maximum atomic E-state index is 14.0. The highest BCUT2D eigenvalue weighted by Gasteiger charge is 2.33. The van der Waals surface area contributed by atoms with Crippen LogP contribution in [0.1, 0.15) is 36.6 Å². The second kappa shape index (κ2) is 12.2. The largest absolute Gasteiger partial charge is 0.497 e. The highest BCUT2D eigenvalue weighted by Crippen LogP contribution is 2.32. The molecule has 1 aliphatic rings. The van der Waals surface area contributed by atoms with Crippen LogP contribution in [0.2, 0.25) is 5.02 Å². The van der Waals surface area contributed by atoms with Gasteiger partial charge >= 0.3 is 16.1 Å². The molecule has 0 amide bonds. The van der Waals surface area contributed by atoms with E-state index in [-0.39, 0.29) is 32.9 Å². The van der Waals surface area contributed by atoms with Gasteiger partial charge in [-0.1, -0.05) is 52.8 Å². The second-order valence-corrected chi connectivity index (χ2v) is 12.6. The topological polar surface area (TPSA) is 113 Å². The molecule has 1 aromatic heterocycles. The summed E-state index contributed by atoms with van der Waals surface area (Å²) in [5.74, 6) is 0.0280. The molecule has 0 saturated carbocycles. The molecule has 1 aliphatic heterocycles.